The van der Waals surface area contributed by atoms with Gasteiger partial charge in [-0.2, -0.15) is 0 Å². The van der Waals surface area contributed by atoms with Crippen molar-refractivity contribution in [2.24, 2.45) is 65.1 Å². The lowest BCUT2D eigenvalue weighted by Crippen LogP contribution is -2.88. The standard InChI is InChI=1S/C63H40O27/c1-12(66)30-29-28(45(73)74)18-5-13(67)6-19-39(69)42-60(49(79)80)57(87-60)38(46(75)76)32-20(68)7-14-22(84-11-65)8-15-24-21(83-10-64)4-3-17-27(24)34-33-25(15)31(14)51(32,81)63-47(57)58-37-36(35(29)61(52(18,19)88-61)62(42,58)90-58)54-40-16(26(44(71)72)43(70)56(30,54)86-54)9-23(50(17,82-2)48(77)78)53(34)59(40,85-53)41(37)55(33,63)89-63/h3-5,8,10-11,17,19-20,23,26,28,32-33,35-36,38-39,42,47,68-69,81H,6-7,9H2,1-2H3,(H,71,72)(H,73,74)(H,75,76)(H,77,78)(H,79,80)/t17?,19?,20?,23?,26?,28?,32?,33?,35?,36?,38?,39?,42?,47?,50-,51-,52+,53?,54+,55+,56?,57?,58-,59?,60?,61+,62+,63+/m0/s1. The Hall–Kier alpha value is -7.70. The highest BCUT2D eigenvalue weighted by Crippen LogP contribution is 3.07. The molecule has 6 saturated carbocycles. The topological polar surface area (TPSA) is 435 Å². The molecule has 27 nitrogen and oxygen atoms in total. The molecule has 10 spiro atoms. The quantitative estimate of drug-likeness (QED) is 0.0499. The first-order valence-corrected chi connectivity index (χ1v) is 30.0. The van der Waals surface area contributed by atoms with Gasteiger partial charge < -0.3 is 83.5 Å². The lowest BCUT2D eigenvalue weighted by atomic mass is 9.24. The van der Waals surface area contributed by atoms with Gasteiger partial charge in [-0.15, -0.1) is 0 Å². The van der Waals surface area contributed by atoms with E-state index >= 15 is 29.1 Å². The molecule has 28 atom stereocenters. The number of epoxide rings is 6. The van der Waals surface area contributed by atoms with Crippen LogP contribution >= 0.6 is 0 Å². The van der Waals surface area contributed by atoms with Gasteiger partial charge in [-0.3, -0.25) is 38.4 Å². The van der Waals surface area contributed by atoms with Gasteiger partial charge in [0.1, 0.15) is 79.4 Å². The number of aliphatic hydroxyl groups excluding tert-OH is 2. The predicted molar refractivity (Wildman–Crippen MR) is 270 cm³/mol. The Morgan fingerprint density at radius 2 is 1.47 bits per heavy atom. The minimum absolute atomic E-state index is 0.0205. The van der Waals surface area contributed by atoms with Crippen LogP contribution in [0.15, 0.2) is 80.2 Å². The van der Waals surface area contributed by atoms with Gasteiger partial charge in [-0.25, -0.2) is 9.59 Å². The van der Waals surface area contributed by atoms with E-state index in [9.17, 15) is 59.7 Å². The Kier molecular flexibility index (Phi) is 6.59. The second-order valence-electron chi connectivity index (χ2n) is 29.3. The summed E-state index contributed by atoms with van der Waals surface area (Å²) in [6.45, 7) is 1.23. The number of hydrogen-bond donors (Lipinski definition) is 8. The first-order chi connectivity index (χ1) is 42.8. The number of allylic oxidation sites excluding steroid dienone is 3. The van der Waals surface area contributed by atoms with Crippen LogP contribution in [-0.4, -0.2) is 193 Å². The summed E-state index contributed by atoms with van der Waals surface area (Å²) in [7, 11) is 1.14. The molecule has 6 heterocycles. The van der Waals surface area contributed by atoms with Crippen LogP contribution in [0, 0.1) is 65.1 Å². The van der Waals surface area contributed by atoms with E-state index in [4.69, 9.17) is 42.6 Å². The fourth-order valence-corrected chi connectivity index (χ4v) is 28.0. The minimum atomic E-state index is -2.98. The summed E-state index contributed by atoms with van der Waals surface area (Å²) < 4.78 is 64.1. The van der Waals surface area contributed by atoms with Crippen molar-refractivity contribution in [3.8, 4) is 5.75 Å². The molecule has 90 heavy (non-hydrogen) atoms. The van der Waals surface area contributed by atoms with Crippen LogP contribution < -0.4 is 4.74 Å². The molecule has 454 valence electrons. The Morgan fingerprint density at radius 3 is 2.14 bits per heavy atom. The van der Waals surface area contributed by atoms with Crippen molar-refractivity contribution < 1.29 is 131 Å². The Balaban J connectivity index is 0.985. The summed E-state index contributed by atoms with van der Waals surface area (Å²) >= 11 is 0. The van der Waals surface area contributed by atoms with Crippen molar-refractivity contribution in [2.45, 2.75) is 123 Å². The SMILES string of the molecule is CO[C@@]1(C(=O)O)C2C=CC(OC=O)=C3C2=C2C4c5c3cc(OC=O)c3c5[C@]5(O)C(C(O)C3)C(C(=O)O)C36OC3(C(=O)O)C3C(O)C7CC(=O)C=C8C(C(=O)O)C9=C(C(C)=O)C%10%11O[C@]%10%12C%10=C(CC1C21OC%101C1=C2C%12C9[C@]9(O[C@]879)[C@@]37O[C@]27C6[C@@]52O[C@@]142)C(C(=O)O)C%11=O. The van der Waals surface area contributed by atoms with E-state index < -0.39 is 234 Å². The van der Waals surface area contributed by atoms with Crippen LogP contribution in [0.5, 0.6) is 5.75 Å². The molecule has 27 heteroatoms. The summed E-state index contributed by atoms with van der Waals surface area (Å²) in [6.07, 6.45) is -2.21. The molecule has 0 amide bonds. The maximum Gasteiger partial charge on any atom is 0.339 e. The van der Waals surface area contributed by atoms with Gasteiger partial charge >= 0.3 is 29.8 Å². The number of carbonyl (C=O) groups excluding carboxylic acids is 5. The summed E-state index contributed by atoms with van der Waals surface area (Å²) in [5.74, 6) is -34.5. The minimum Gasteiger partial charge on any atom is -0.481 e. The highest BCUT2D eigenvalue weighted by atomic mass is 16.8. The third kappa shape index (κ3) is 3.25. The molecule has 0 bridgehead atoms. The molecule has 19 unspecified atom stereocenters. The number of carboxylic acids is 5. The number of benzene rings is 1. The molecule has 8 N–H and O–H groups in total. The van der Waals surface area contributed by atoms with E-state index in [0.29, 0.717) is 0 Å². The van der Waals surface area contributed by atoms with E-state index in [2.05, 4.69) is 0 Å². The molecule has 6 saturated heterocycles. The number of methoxy groups -OCH3 is 1. The van der Waals surface area contributed by atoms with E-state index in [1.165, 1.54) is 18.2 Å². The van der Waals surface area contributed by atoms with Crippen molar-refractivity contribution in [1.29, 1.82) is 0 Å². The number of aliphatic hydroxyl groups is 3. The van der Waals surface area contributed by atoms with Crippen LogP contribution in [0.2, 0.25) is 0 Å². The highest BCUT2D eigenvalue weighted by molar-refractivity contribution is 6.20. The predicted octanol–water partition coefficient (Wildman–Crippen LogP) is -2.32. The zero-order valence-electron chi connectivity index (χ0n) is 46.0. The number of aliphatic carboxylic acids is 5. The van der Waals surface area contributed by atoms with Crippen LogP contribution in [-0.2, 0) is 97.9 Å². The van der Waals surface area contributed by atoms with Gasteiger partial charge in [0.25, 0.3) is 12.9 Å². The van der Waals surface area contributed by atoms with Gasteiger partial charge in [0.15, 0.2) is 34.2 Å². The van der Waals surface area contributed by atoms with Crippen molar-refractivity contribution >= 4 is 65.7 Å². The first-order valence-electron chi connectivity index (χ1n) is 30.0. The van der Waals surface area contributed by atoms with Gasteiger partial charge in [0.05, 0.1) is 30.0 Å². The van der Waals surface area contributed by atoms with Crippen LogP contribution in [0.1, 0.15) is 47.9 Å². The van der Waals surface area contributed by atoms with Crippen LogP contribution in [0.25, 0.3) is 5.57 Å². The second kappa shape index (κ2) is 12.1. The van der Waals surface area contributed by atoms with Crippen molar-refractivity contribution in [3.63, 3.8) is 0 Å². The molecule has 1 aromatic carbocycles. The van der Waals surface area contributed by atoms with Crippen molar-refractivity contribution in [3.05, 3.63) is 102 Å². The van der Waals surface area contributed by atoms with E-state index in [0.717, 1.165) is 20.1 Å². The summed E-state index contributed by atoms with van der Waals surface area (Å²) in [5, 5.41) is 104. The Labute approximate surface area is 498 Å². The van der Waals surface area contributed by atoms with Gasteiger partial charge in [0, 0.05) is 89.2 Å². The number of ether oxygens (including phenoxy) is 9. The number of carboxylic acid groups (broad SMARTS) is 5. The molecular weight excluding hydrogens is 1190 g/mol. The number of ketones is 3. The van der Waals surface area contributed by atoms with Gasteiger partial charge in [-0.05, 0) is 81.7 Å². The zero-order valence-corrected chi connectivity index (χ0v) is 46.0. The molecule has 24 rings (SSSR count). The third-order valence-corrected chi connectivity index (χ3v) is 28.7. The molecule has 0 aromatic heterocycles. The number of rotatable bonds is 11. The first kappa shape index (κ1) is 49.1. The second-order valence-corrected chi connectivity index (χ2v) is 29.3. The van der Waals surface area contributed by atoms with Gasteiger partial charge in [-0.1, -0.05) is 6.08 Å². The number of fused-ring (bicyclic) bond motifs is 2. The van der Waals surface area contributed by atoms with Crippen LogP contribution in [0.3, 0.4) is 0 Å². The molecule has 1 aromatic rings. The molecule has 12 fully saturated rings. The van der Waals surface area contributed by atoms with Crippen LogP contribution in [0.4, 0.5) is 0 Å². The maximum absolute atomic E-state index is 16.7. The average molecular weight is 1230 g/mol. The monoisotopic (exact) mass is 1230 g/mol. The number of hydrogen-bond acceptors (Lipinski definition) is 22. The van der Waals surface area contributed by atoms with Crippen molar-refractivity contribution in [1.82, 2.24) is 0 Å². The summed E-state index contributed by atoms with van der Waals surface area (Å²) in [6, 6.07) is 1.39. The summed E-state index contributed by atoms with van der Waals surface area (Å²) in [5.41, 5.74) is -36.5. The molecule has 17 aliphatic carbocycles. The normalized spacial score (nSPS) is 58.1. The third-order valence-electron chi connectivity index (χ3n) is 28.7. The fourth-order valence-electron chi connectivity index (χ4n) is 28.0. The molecule has 23 aliphatic rings. The zero-order chi connectivity index (χ0) is 61.7. The van der Waals surface area contributed by atoms with Gasteiger partial charge in [0.2, 0.25) is 5.60 Å². The average Bonchev–Trinajstić information content (AvgIpc) is 1.33. The highest BCUT2D eigenvalue weighted by Gasteiger charge is 3.22. The molecule has 0 radical (unpaired) electrons. The Morgan fingerprint density at radius 1 is 0.744 bits per heavy atom. The largest absolute Gasteiger partial charge is 0.481 e. The maximum atomic E-state index is 16.7. The number of Topliss-reactive ketones (excluding diaryl/α,β-unsaturated/α-hetero) is 2. The molecular formula is C63H40O27. The summed E-state index contributed by atoms with van der Waals surface area (Å²) in [4.78, 5) is 148. The lowest BCUT2D eigenvalue weighted by molar-refractivity contribution is -0.242. The smallest absolute Gasteiger partial charge is 0.339 e. The van der Waals surface area contributed by atoms with E-state index in [1.807, 2.05) is 0 Å². The number of carbonyl (C=O) groups is 10. The van der Waals surface area contributed by atoms with E-state index in [-0.39, 0.29) is 96.9 Å². The lowest BCUT2D eigenvalue weighted by Gasteiger charge is -2.72. The van der Waals surface area contributed by atoms with Crippen molar-refractivity contribution in [2.75, 3.05) is 7.11 Å². The molecule has 6 aliphatic heterocycles. The Bertz CT molecular complexity index is 4730. The fraction of sp³-hybridized carbons (Fsp3) is 0.524. The van der Waals surface area contributed by atoms with E-state index in [1.54, 1.807) is 0 Å².